The number of rotatable bonds is 13. The third-order valence-electron chi connectivity index (χ3n) is 6.58. The molecular weight excluding hydrogens is 480 g/mol. The Morgan fingerprint density at radius 3 is 2.50 bits per heavy atom. The summed E-state index contributed by atoms with van der Waals surface area (Å²) in [6.45, 7) is 3.21. The Hall–Kier alpha value is -3.98. The van der Waals surface area contributed by atoms with Gasteiger partial charge in [-0.25, -0.2) is 9.78 Å². The molecule has 2 aromatic carbocycles. The molecule has 2 aromatic heterocycles. The summed E-state index contributed by atoms with van der Waals surface area (Å²) in [6, 6.07) is 17.5. The lowest BCUT2D eigenvalue weighted by molar-refractivity contribution is -0.116. The third kappa shape index (κ3) is 6.47. The van der Waals surface area contributed by atoms with Gasteiger partial charge in [0.1, 0.15) is 11.3 Å². The van der Waals surface area contributed by atoms with Crippen LogP contribution in [0.15, 0.2) is 64.2 Å². The Labute approximate surface area is 221 Å². The number of carbonyl (C=O) groups excluding carboxylic acids is 1. The maximum absolute atomic E-state index is 13.4. The lowest BCUT2D eigenvalue weighted by Gasteiger charge is -2.14. The number of aromatic nitrogens is 4. The van der Waals surface area contributed by atoms with Gasteiger partial charge in [0.2, 0.25) is 5.91 Å². The average Bonchev–Trinajstić information content (AvgIpc) is 3.34. The number of para-hydroxylation sites is 1. The summed E-state index contributed by atoms with van der Waals surface area (Å²) >= 11 is 0. The van der Waals surface area contributed by atoms with Crippen LogP contribution in [0, 0.1) is 0 Å². The summed E-state index contributed by atoms with van der Waals surface area (Å²) in [5, 5.41) is 3.01. The molecule has 0 saturated heterocycles. The minimum atomic E-state index is -0.372. The minimum absolute atomic E-state index is 0.0385. The molecule has 4 rings (SSSR count). The first-order valence-corrected chi connectivity index (χ1v) is 13.4. The highest BCUT2D eigenvalue weighted by atomic mass is 16.2. The van der Waals surface area contributed by atoms with E-state index in [4.69, 9.17) is 5.73 Å². The number of nitrogens with two attached hydrogens (primary N) is 1. The molecule has 0 aliphatic heterocycles. The van der Waals surface area contributed by atoms with Gasteiger partial charge in [0, 0.05) is 31.6 Å². The van der Waals surface area contributed by atoms with Crippen LogP contribution >= 0.6 is 0 Å². The zero-order chi connectivity index (χ0) is 26.9. The van der Waals surface area contributed by atoms with Gasteiger partial charge >= 0.3 is 5.69 Å². The number of aromatic amines is 1. The van der Waals surface area contributed by atoms with Gasteiger partial charge in [-0.2, -0.15) is 0 Å². The highest BCUT2D eigenvalue weighted by molar-refractivity contribution is 5.91. The van der Waals surface area contributed by atoms with Crippen LogP contribution in [0.4, 0.5) is 5.69 Å². The van der Waals surface area contributed by atoms with Crippen molar-refractivity contribution in [3.8, 4) is 0 Å². The average molecular weight is 517 g/mol. The Morgan fingerprint density at radius 2 is 1.74 bits per heavy atom. The summed E-state index contributed by atoms with van der Waals surface area (Å²) in [4.78, 5) is 46.9. The molecular formula is C29H36N6O3. The van der Waals surface area contributed by atoms with E-state index in [1.54, 1.807) is 4.57 Å². The van der Waals surface area contributed by atoms with E-state index in [1.807, 2.05) is 61.5 Å². The van der Waals surface area contributed by atoms with Crippen LogP contribution < -0.4 is 22.3 Å². The lowest BCUT2D eigenvalue weighted by atomic mass is 10.1. The second-order valence-electron chi connectivity index (χ2n) is 9.49. The fourth-order valence-corrected chi connectivity index (χ4v) is 4.62. The molecule has 0 saturated carbocycles. The molecule has 0 radical (unpaired) electrons. The highest BCUT2D eigenvalue weighted by Crippen LogP contribution is 2.18. The second-order valence-corrected chi connectivity index (χ2v) is 9.49. The van der Waals surface area contributed by atoms with Gasteiger partial charge in [-0.3, -0.25) is 18.7 Å². The standard InChI is InChI=1S/C29H36N6O3/c1-2-18-35-28(37)26-27(33-24(32-26)20-21-11-5-3-6-12-21)34(29(35)38)19-16-22-13-8-9-14-23(22)31-25(36)15-7-4-10-17-30/h3,5-6,8-9,11-14H,2,4,7,10,15-20,30H2,1H3,(H,31,36)(H,32,33). The quantitative estimate of drug-likeness (QED) is 0.234. The number of fused-ring (bicyclic) bond motifs is 1. The smallest absolute Gasteiger partial charge is 0.332 e. The van der Waals surface area contributed by atoms with Crippen molar-refractivity contribution in [1.29, 1.82) is 0 Å². The van der Waals surface area contributed by atoms with E-state index in [0.717, 1.165) is 36.1 Å². The Kier molecular flexibility index (Phi) is 9.26. The van der Waals surface area contributed by atoms with E-state index in [9.17, 15) is 14.4 Å². The molecule has 200 valence electrons. The zero-order valence-electron chi connectivity index (χ0n) is 21.9. The summed E-state index contributed by atoms with van der Waals surface area (Å²) in [5.74, 6) is 0.594. The van der Waals surface area contributed by atoms with Crippen molar-refractivity contribution >= 4 is 22.8 Å². The van der Waals surface area contributed by atoms with Crippen molar-refractivity contribution in [2.75, 3.05) is 11.9 Å². The Balaban J connectivity index is 1.61. The number of hydrogen-bond donors (Lipinski definition) is 3. The van der Waals surface area contributed by atoms with Crippen molar-refractivity contribution in [2.45, 2.75) is 65.0 Å². The van der Waals surface area contributed by atoms with Gasteiger partial charge in [0.15, 0.2) is 5.65 Å². The van der Waals surface area contributed by atoms with E-state index < -0.39 is 0 Å². The maximum atomic E-state index is 13.4. The van der Waals surface area contributed by atoms with Gasteiger partial charge < -0.3 is 16.0 Å². The van der Waals surface area contributed by atoms with E-state index in [1.165, 1.54) is 4.57 Å². The molecule has 4 N–H and O–H groups in total. The molecule has 9 heteroatoms. The molecule has 0 fully saturated rings. The van der Waals surface area contributed by atoms with Gasteiger partial charge in [0.25, 0.3) is 5.56 Å². The molecule has 4 aromatic rings. The molecule has 38 heavy (non-hydrogen) atoms. The lowest BCUT2D eigenvalue weighted by Crippen LogP contribution is -2.40. The number of amides is 1. The number of nitrogens with zero attached hydrogens (tertiary/aromatic N) is 3. The van der Waals surface area contributed by atoms with Gasteiger partial charge in [-0.15, -0.1) is 0 Å². The van der Waals surface area contributed by atoms with Crippen molar-refractivity contribution in [2.24, 2.45) is 5.73 Å². The van der Waals surface area contributed by atoms with Crippen molar-refractivity contribution in [1.82, 2.24) is 19.1 Å². The van der Waals surface area contributed by atoms with E-state index in [0.29, 0.717) is 62.3 Å². The van der Waals surface area contributed by atoms with Gasteiger partial charge in [-0.1, -0.05) is 61.9 Å². The molecule has 0 aliphatic carbocycles. The number of imidazole rings is 1. The number of aryl methyl sites for hydroxylation is 2. The summed E-state index contributed by atoms with van der Waals surface area (Å²) in [6.07, 6.45) is 4.74. The molecule has 1 amide bonds. The topological polar surface area (TPSA) is 128 Å². The molecule has 0 atom stereocenters. The fraction of sp³-hybridized carbons (Fsp3) is 0.379. The molecule has 9 nitrogen and oxygen atoms in total. The first-order valence-electron chi connectivity index (χ1n) is 13.4. The molecule has 0 aliphatic rings. The Bertz CT molecular complexity index is 1490. The molecule has 0 spiro atoms. The monoisotopic (exact) mass is 516 g/mol. The largest absolute Gasteiger partial charge is 0.336 e. The molecule has 0 unspecified atom stereocenters. The third-order valence-corrected chi connectivity index (χ3v) is 6.58. The van der Waals surface area contributed by atoms with Gasteiger partial charge in [0.05, 0.1) is 0 Å². The van der Waals surface area contributed by atoms with Crippen LogP contribution in [0.2, 0.25) is 0 Å². The van der Waals surface area contributed by atoms with Gasteiger partial charge in [-0.05, 0) is 49.4 Å². The molecule has 0 bridgehead atoms. The first kappa shape index (κ1) is 27.1. The molecule has 2 heterocycles. The normalized spacial score (nSPS) is 11.2. The SMILES string of the molecule is CCCn1c(=O)c2[nH]c(Cc3ccccc3)nc2n(CCc2ccccc2NC(=O)CCCCCN)c1=O. The van der Waals surface area contributed by atoms with Crippen LogP contribution in [0.3, 0.4) is 0 Å². The first-order chi connectivity index (χ1) is 18.5. The summed E-state index contributed by atoms with van der Waals surface area (Å²) in [5.41, 5.74) is 8.21. The fourth-order valence-electron chi connectivity index (χ4n) is 4.62. The maximum Gasteiger partial charge on any atom is 0.332 e. The number of carbonyl (C=O) groups is 1. The zero-order valence-corrected chi connectivity index (χ0v) is 21.9. The van der Waals surface area contributed by atoms with Crippen LogP contribution in [-0.2, 0) is 30.7 Å². The minimum Gasteiger partial charge on any atom is -0.336 e. The highest BCUT2D eigenvalue weighted by Gasteiger charge is 2.18. The van der Waals surface area contributed by atoms with Crippen molar-refractivity contribution in [3.63, 3.8) is 0 Å². The van der Waals surface area contributed by atoms with Crippen molar-refractivity contribution < 1.29 is 4.79 Å². The van der Waals surface area contributed by atoms with E-state index >= 15 is 0 Å². The van der Waals surface area contributed by atoms with Crippen LogP contribution in [0.1, 0.15) is 56.0 Å². The van der Waals surface area contributed by atoms with Crippen LogP contribution in [0.25, 0.3) is 11.2 Å². The number of unbranched alkanes of at least 4 members (excludes halogenated alkanes) is 2. The van der Waals surface area contributed by atoms with Crippen LogP contribution in [-0.4, -0.2) is 31.6 Å². The predicted octanol–water partition coefficient (Wildman–Crippen LogP) is 3.59. The number of hydrogen-bond acceptors (Lipinski definition) is 5. The van der Waals surface area contributed by atoms with E-state index in [2.05, 4.69) is 15.3 Å². The van der Waals surface area contributed by atoms with Crippen molar-refractivity contribution in [3.05, 3.63) is 92.4 Å². The number of H-pyrrole nitrogens is 1. The van der Waals surface area contributed by atoms with Crippen LogP contribution in [0.5, 0.6) is 0 Å². The predicted molar refractivity (Wildman–Crippen MR) is 150 cm³/mol. The number of benzene rings is 2. The Morgan fingerprint density at radius 1 is 0.974 bits per heavy atom. The second kappa shape index (κ2) is 13.0. The number of nitrogens with one attached hydrogen (secondary N) is 2. The summed E-state index contributed by atoms with van der Waals surface area (Å²) < 4.78 is 2.85. The van der Waals surface area contributed by atoms with E-state index in [-0.39, 0.29) is 17.2 Å². The summed E-state index contributed by atoms with van der Waals surface area (Å²) in [7, 11) is 0. The number of anilines is 1.